The molecule has 0 unspecified atom stereocenters. The van der Waals surface area contributed by atoms with Crippen LogP contribution in [0.2, 0.25) is 0 Å². The van der Waals surface area contributed by atoms with E-state index in [1.165, 1.54) is 11.8 Å². The molecule has 0 aliphatic heterocycles. The van der Waals surface area contributed by atoms with Crippen molar-refractivity contribution >= 4 is 42.9 Å². The largest absolute Gasteiger partial charge is 0.390 e. The van der Waals surface area contributed by atoms with E-state index in [1.807, 2.05) is 54.9 Å². The highest BCUT2D eigenvalue weighted by Crippen LogP contribution is 2.18. The molecule has 0 heterocycles. The standard InChI is InChI=1S/C15H23ClN4O2S2/c1-20(2)15-7-5-14(6-8-15)19-18-13-23-11-10-17-9-3-4-12-24(16,21)22/h5-8,10-11,17H,3-4,9,12-13H2,1-2H3/b11-10-,19-18?. The van der Waals surface area contributed by atoms with Gasteiger partial charge >= 0.3 is 0 Å². The topological polar surface area (TPSA) is 74.1 Å². The minimum atomic E-state index is -3.36. The van der Waals surface area contributed by atoms with Crippen LogP contribution in [0, 0.1) is 0 Å². The maximum absolute atomic E-state index is 10.7. The molecule has 0 saturated carbocycles. The van der Waals surface area contributed by atoms with Crippen molar-refractivity contribution in [2.75, 3.05) is 37.2 Å². The molecule has 0 saturated heterocycles. The number of unbranched alkanes of at least 4 members (excludes halogenated alkanes) is 1. The molecule has 24 heavy (non-hydrogen) atoms. The molecular weight excluding hydrogens is 368 g/mol. The predicted molar refractivity (Wildman–Crippen MR) is 104 cm³/mol. The first-order chi connectivity index (χ1) is 11.4. The number of anilines is 1. The van der Waals surface area contributed by atoms with E-state index in [0.29, 0.717) is 18.8 Å². The molecule has 0 atom stereocenters. The molecule has 0 amide bonds. The van der Waals surface area contributed by atoms with Crippen molar-refractivity contribution in [3.63, 3.8) is 0 Å². The van der Waals surface area contributed by atoms with Crippen LogP contribution in [0.15, 0.2) is 46.1 Å². The number of thioether (sulfide) groups is 1. The Balaban J connectivity index is 2.10. The van der Waals surface area contributed by atoms with Gasteiger partial charge in [0.25, 0.3) is 0 Å². The van der Waals surface area contributed by atoms with Crippen LogP contribution in [-0.2, 0) is 9.05 Å². The Hall–Kier alpha value is -1.25. The monoisotopic (exact) mass is 390 g/mol. The van der Waals surface area contributed by atoms with Crippen molar-refractivity contribution in [1.29, 1.82) is 0 Å². The highest BCUT2D eigenvalue weighted by Gasteiger charge is 2.02. The molecule has 0 bridgehead atoms. The number of nitrogens with one attached hydrogen (secondary N) is 1. The second-order valence-electron chi connectivity index (χ2n) is 5.15. The van der Waals surface area contributed by atoms with Gasteiger partial charge in [0.05, 0.1) is 11.4 Å². The molecule has 0 spiro atoms. The van der Waals surface area contributed by atoms with Crippen molar-refractivity contribution in [2.24, 2.45) is 10.2 Å². The first kappa shape index (κ1) is 20.8. The van der Waals surface area contributed by atoms with Gasteiger partial charge in [0.2, 0.25) is 9.05 Å². The van der Waals surface area contributed by atoms with E-state index in [9.17, 15) is 8.42 Å². The molecule has 1 rings (SSSR count). The van der Waals surface area contributed by atoms with Crippen LogP contribution in [0.25, 0.3) is 0 Å². The number of azo groups is 1. The molecule has 1 aromatic carbocycles. The van der Waals surface area contributed by atoms with Crippen LogP contribution in [0.4, 0.5) is 11.4 Å². The summed E-state index contributed by atoms with van der Waals surface area (Å²) >= 11 is 1.52. The molecule has 0 aliphatic carbocycles. The number of hydrogen-bond acceptors (Lipinski definition) is 7. The van der Waals surface area contributed by atoms with Gasteiger partial charge in [-0.05, 0) is 42.5 Å². The highest BCUT2D eigenvalue weighted by molar-refractivity contribution is 8.13. The van der Waals surface area contributed by atoms with Crippen LogP contribution in [-0.4, -0.2) is 40.7 Å². The van der Waals surface area contributed by atoms with E-state index in [-0.39, 0.29) is 5.75 Å². The Kier molecular flexibility index (Phi) is 9.82. The lowest BCUT2D eigenvalue weighted by Gasteiger charge is -2.11. The summed E-state index contributed by atoms with van der Waals surface area (Å²) in [6.07, 6.45) is 3.13. The van der Waals surface area contributed by atoms with Crippen LogP contribution in [0.1, 0.15) is 12.8 Å². The summed E-state index contributed by atoms with van der Waals surface area (Å²) in [6, 6.07) is 7.87. The summed E-state index contributed by atoms with van der Waals surface area (Å²) in [5.41, 5.74) is 1.96. The minimum Gasteiger partial charge on any atom is -0.390 e. The average Bonchev–Trinajstić information content (AvgIpc) is 2.52. The molecule has 134 valence electrons. The van der Waals surface area contributed by atoms with Crippen molar-refractivity contribution < 1.29 is 8.42 Å². The average molecular weight is 391 g/mol. The molecule has 0 aromatic heterocycles. The van der Waals surface area contributed by atoms with Crippen LogP contribution in [0.5, 0.6) is 0 Å². The molecule has 0 radical (unpaired) electrons. The fourth-order valence-electron chi connectivity index (χ4n) is 1.69. The quantitative estimate of drug-likeness (QED) is 0.352. The van der Waals surface area contributed by atoms with Crippen molar-refractivity contribution in [3.8, 4) is 0 Å². The van der Waals surface area contributed by atoms with Crippen molar-refractivity contribution in [1.82, 2.24) is 5.32 Å². The second kappa shape index (κ2) is 11.3. The lowest BCUT2D eigenvalue weighted by molar-refractivity contribution is 0.604. The third-order valence-electron chi connectivity index (χ3n) is 2.93. The predicted octanol–water partition coefficient (Wildman–Crippen LogP) is 3.94. The van der Waals surface area contributed by atoms with Gasteiger partial charge in [-0.3, -0.25) is 0 Å². The number of nitrogens with zero attached hydrogens (tertiary/aromatic N) is 3. The van der Waals surface area contributed by atoms with Gasteiger partial charge in [0.15, 0.2) is 0 Å². The first-order valence-electron chi connectivity index (χ1n) is 7.46. The molecular formula is C15H23ClN4O2S2. The molecule has 0 fully saturated rings. The zero-order valence-corrected chi connectivity index (χ0v) is 16.2. The number of benzene rings is 1. The minimum absolute atomic E-state index is 0.0185. The summed E-state index contributed by atoms with van der Waals surface area (Å²) < 4.78 is 21.4. The van der Waals surface area contributed by atoms with Gasteiger partial charge in [0, 0.05) is 43.2 Å². The van der Waals surface area contributed by atoms with Gasteiger partial charge in [-0.25, -0.2) is 8.42 Å². The summed E-state index contributed by atoms with van der Waals surface area (Å²) in [5.74, 6) is 0.558. The van der Waals surface area contributed by atoms with Crippen LogP contribution >= 0.6 is 22.4 Å². The van der Waals surface area contributed by atoms with E-state index in [2.05, 4.69) is 15.5 Å². The van der Waals surface area contributed by atoms with Gasteiger partial charge in [-0.1, -0.05) is 0 Å². The van der Waals surface area contributed by atoms with E-state index < -0.39 is 9.05 Å². The van der Waals surface area contributed by atoms with Crippen molar-refractivity contribution in [3.05, 3.63) is 35.9 Å². The summed E-state index contributed by atoms with van der Waals surface area (Å²) in [4.78, 5) is 2.03. The maximum Gasteiger partial charge on any atom is 0.232 e. The lowest BCUT2D eigenvalue weighted by Crippen LogP contribution is -2.08. The summed E-state index contributed by atoms with van der Waals surface area (Å²) in [6.45, 7) is 0.712. The maximum atomic E-state index is 10.7. The molecule has 0 aliphatic rings. The number of hydrogen-bond donors (Lipinski definition) is 1. The van der Waals surface area contributed by atoms with Gasteiger partial charge < -0.3 is 10.2 Å². The third kappa shape index (κ3) is 10.5. The van der Waals surface area contributed by atoms with Gasteiger partial charge in [0.1, 0.15) is 5.88 Å². The SMILES string of the molecule is CN(C)c1ccc(N=NCS/C=C\NCCCCS(=O)(=O)Cl)cc1. The fourth-order valence-corrected chi connectivity index (χ4v) is 2.96. The van der Waals surface area contributed by atoms with E-state index >= 15 is 0 Å². The second-order valence-corrected chi connectivity index (χ2v) is 8.92. The van der Waals surface area contributed by atoms with E-state index in [1.54, 1.807) is 0 Å². The summed E-state index contributed by atoms with van der Waals surface area (Å²) in [7, 11) is 5.75. The highest BCUT2D eigenvalue weighted by atomic mass is 35.7. The Morgan fingerprint density at radius 3 is 2.58 bits per heavy atom. The van der Waals surface area contributed by atoms with Crippen LogP contribution in [0.3, 0.4) is 0 Å². The first-order valence-corrected chi connectivity index (χ1v) is 11.0. The van der Waals surface area contributed by atoms with E-state index in [0.717, 1.165) is 17.8 Å². The Bertz CT molecular complexity index is 631. The van der Waals surface area contributed by atoms with Gasteiger partial charge in [-0.15, -0.1) is 11.8 Å². The fraction of sp³-hybridized carbons (Fsp3) is 0.467. The van der Waals surface area contributed by atoms with Crippen molar-refractivity contribution in [2.45, 2.75) is 12.8 Å². The van der Waals surface area contributed by atoms with E-state index in [4.69, 9.17) is 10.7 Å². The van der Waals surface area contributed by atoms with Crippen LogP contribution < -0.4 is 10.2 Å². The summed E-state index contributed by atoms with van der Waals surface area (Å²) in [5, 5.41) is 13.2. The smallest absolute Gasteiger partial charge is 0.232 e. The number of rotatable bonds is 11. The Labute approximate surface area is 152 Å². The third-order valence-corrected chi connectivity index (χ3v) is 4.76. The zero-order chi connectivity index (χ0) is 17.8. The van der Waals surface area contributed by atoms with Gasteiger partial charge in [-0.2, -0.15) is 10.2 Å². The normalized spacial score (nSPS) is 12.1. The number of halogens is 1. The molecule has 6 nitrogen and oxygen atoms in total. The lowest BCUT2D eigenvalue weighted by atomic mass is 10.3. The molecule has 9 heteroatoms. The zero-order valence-electron chi connectivity index (χ0n) is 13.9. The molecule has 1 N–H and O–H groups in total. The molecule has 1 aromatic rings. The Morgan fingerprint density at radius 2 is 1.96 bits per heavy atom. The Morgan fingerprint density at radius 1 is 1.25 bits per heavy atom.